The molecule has 0 N–H and O–H groups in total. The monoisotopic (exact) mass is 456 g/mol. The lowest BCUT2D eigenvalue weighted by molar-refractivity contribution is -0.123. The van der Waals surface area contributed by atoms with Gasteiger partial charge in [0.15, 0.2) is 11.5 Å². The predicted octanol–water partition coefficient (Wildman–Crippen LogP) is 5.63. The summed E-state index contributed by atoms with van der Waals surface area (Å²) in [5, 5.41) is 9.21. The Morgan fingerprint density at radius 1 is 1.29 bits per heavy atom. The van der Waals surface area contributed by atoms with Crippen molar-refractivity contribution in [2.24, 2.45) is 0 Å². The molecule has 0 spiro atoms. The van der Waals surface area contributed by atoms with Crippen LogP contribution in [0.4, 0.5) is 4.79 Å². The number of ether oxygens (including phenoxy) is 2. The summed E-state index contributed by atoms with van der Waals surface area (Å²) >= 11 is 7.25. The molecule has 0 unspecified atom stereocenters. The largest absolute Gasteiger partial charge is 0.493 e. The highest BCUT2D eigenvalue weighted by molar-refractivity contribution is 8.18. The van der Waals surface area contributed by atoms with Crippen LogP contribution in [0.3, 0.4) is 0 Å². The van der Waals surface area contributed by atoms with Crippen LogP contribution in [0.25, 0.3) is 6.08 Å². The molecular weight excluding hydrogens is 436 g/mol. The number of carbonyl (C=O) groups excluding carboxylic acids is 2. The van der Waals surface area contributed by atoms with E-state index >= 15 is 0 Å². The molecule has 2 aromatic rings. The Morgan fingerprint density at radius 2 is 2.03 bits per heavy atom. The van der Waals surface area contributed by atoms with Crippen molar-refractivity contribution in [1.29, 1.82) is 5.26 Å². The molecule has 0 saturated carbocycles. The van der Waals surface area contributed by atoms with Crippen molar-refractivity contribution in [1.82, 2.24) is 4.90 Å². The molecule has 2 aromatic carbocycles. The zero-order valence-electron chi connectivity index (χ0n) is 17.3. The summed E-state index contributed by atoms with van der Waals surface area (Å²) in [5.74, 6) is 0.468. The second-order valence-electron chi connectivity index (χ2n) is 6.91. The van der Waals surface area contributed by atoms with E-state index in [1.165, 1.54) is 7.11 Å². The topological polar surface area (TPSA) is 79.6 Å². The van der Waals surface area contributed by atoms with Crippen LogP contribution in [0.2, 0.25) is 5.02 Å². The van der Waals surface area contributed by atoms with Crippen LogP contribution in [0.1, 0.15) is 37.0 Å². The molecule has 0 bridgehead atoms. The van der Waals surface area contributed by atoms with Gasteiger partial charge in [0, 0.05) is 0 Å². The Balaban J connectivity index is 1.87. The average molecular weight is 457 g/mol. The minimum Gasteiger partial charge on any atom is -0.493 e. The van der Waals surface area contributed by atoms with Crippen molar-refractivity contribution in [3.8, 4) is 17.6 Å². The van der Waals surface area contributed by atoms with Gasteiger partial charge in [-0.2, -0.15) is 5.26 Å². The van der Waals surface area contributed by atoms with E-state index < -0.39 is 11.1 Å². The molecule has 1 heterocycles. The average Bonchev–Trinajstić information content (AvgIpc) is 3.02. The lowest BCUT2D eigenvalue weighted by atomic mass is 10.1. The first-order valence-electron chi connectivity index (χ1n) is 9.65. The van der Waals surface area contributed by atoms with Crippen molar-refractivity contribution in [2.45, 2.75) is 32.9 Å². The molecule has 3 rings (SSSR count). The zero-order chi connectivity index (χ0) is 22.5. The lowest BCUT2D eigenvalue weighted by Crippen LogP contribution is -2.27. The fourth-order valence-electron chi connectivity index (χ4n) is 2.95. The first kappa shape index (κ1) is 22.7. The molecule has 0 aliphatic carbocycles. The third kappa shape index (κ3) is 5.04. The first-order valence-corrected chi connectivity index (χ1v) is 10.8. The Labute approximate surface area is 190 Å². The second kappa shape index (κ2) is 9.90. The first-order chi connectivity index (χ1) is 14.9. The normalized spacial score (nSPS) is 15.8. The van der Waals surface area contributed by atoms with Gasteiger partial charge in [0.05, 0.1) is 41.3 Å². The third-order valence-electron chi connectivity index (χ3n) is 4.78. The number of halogens is 1. The summed E-state index contributed by atoms with van der Waals surface area (Å²) in [6, 6.07) is 12.3. The van der Waals surface area contributed by atoms with E-state index in [1.807, 2.05) is 13.8 Å². The maximum Gasteiger partial charge on any atom is 0.293 e. The van der Waals surface area contributed by atoms with Crippen molar-refractivity contribution >= 4 is 40.6 Å². The summed E-state index contributed by atoms with van der Waals surface area (Å²) in [7, 11) is 1.51. The van der Waals surface area contributed by atoms with E-state index in [9.17, 15) is 14.9 Å². The lowest BCUT2D eigenvalue weighted by Gasteiger charge is -2.17. The fourth-order valence-corrected chi connectivity index (χ4v) is 4.05. The van der Waals surface area contributed by atoms with Gasteiger partial charge in [-0.25, -0.2) is 0 Å². The maximum absolute atomic E-state index is 12.9. The smallest absolute Gasteiger partial charge is 0.293 e. The van der Waals surface area contributed by atoms with Gasteiger partial charge in [-0.3, -0.25) is 14.5 Å². The predicted molar refractivity (Wildman–Crippen MR) is 121 cm³/mol. The number of thioether (sulfide) groups is 1. The molecule has 8 heteroatoms. The molecule has 6 nitrogen and oxygen atoms in total. The van der Waals surface area contributed by atoms with Crippen molar-refractivity contribution in [3.63, 3.8) is 0 Å². The number of hydrogen-bond donors (Lipinski definition) is 0. The fraction of sp³-hybridized carbons (Fsp3) is 0.261. The highest BCUT2D eigenvalue weighted by Gasteiger charge is 2.35. The molecule has 1 fully saturated rings. The van der Waals surface area contributed by atoms with E-state index in [0.717, 1.165) is 23.1 Å². The quantitative estimate of drug-likeness (QED) is 0.502. The summed E-state index contributed by atoms with van der Waals surface area (Å²) < 4.78 is 11.3. The van der Waals surface area contributed by atoms with E-state index in [2.05, 4.69) is 6.07 Å². The van der Waals surface area contributed by atoms with E-state index in [0.29, 0.717) is 33.2 Å². The SMILES string of the molecule is CC[C@@H](C)Oc1c(Cl)cc(/C=C2/SC(=O)N(Cc3ccccc3C#N)C2=O)cc1OC. The standard InChI is InChI=1S/C23H21ClN2O4S/c1-4-14(2)30-21-18(24)9-15(10-19(21)29-3)11-20-22(27)26(23(28)31-20)13-17-8-6-5-7-16(17)12-25/h5-11,14H,4,13H2,1-3H3/b20-11+/t14-/m1/s1. The van der Waals surface area contributed by atoms with Crippen molar-refractivity contribution in [2.75, 3.05) is 7.11 Å². The molecule has 2 amide bonds. The molecule has 0 aromatic heterocycles. The van der Waals surface area contributed by atoms with Gasteiger partial charge in [-0.1, -0.05) is 36.7 Å². The van der Waals surface area contributed by atoms with Crippen molar-refractivity contribution < 1.29 is 19.1 Å². The number of nitrogens with zero attached hydrogens (tertiary/aromatic N) is 2. The van der Waals surface area contributed by atoms with Crippen LogP contribution in [-0.4, -0.2) is 29.3 Å². The van der Waals surface area contributed by atoms with Crippen LogP contribution < -0.4 is 9.47 Å². The number of hydrogen-bond acceptors (Lipinski definition) is 6. The van der Waals surface area contributed by atoms with E-state index in [1.54, 1.807) is 42.5 Å². The van der Waals surface area contributed by atoms with Crippen LogP contribution in [0.5, 0.6) is 11.5 Å². The van der Waals surface area contributed by atoms with Gasteiger partial charge in [0.1, 0.15) is 0 Å². The van der Waals surface area contributed by atoms with Gasteiger partial charge in [-0.05, 0) is 60.5 Å². The Bertz CT molecular complexity index is 1090. The van der Waals surface area contributed by atoms with Gasteiger partial charge >= 0.3 is 0 Å². The number of methoxy groups -OCH3 is 1. The summed E-state index contributed by atoms with van der Waals surface area (Å²) in [6.07, 6.45) is 2.37. The third-order valence-corrected chi connectivity index (χ3v) is 5.97. The number of amides is 2. The Kier molecular flexibility index (Phi) is 7.26. The van der Waals surface area contributed by atoms with Gasteiger partial charge in [-0.15, -0.1) is 0 Å². The zero-order valence-corrected chi connectivity index (χ0v) is 18.9. The van der Waals surface area contributed by atoms with E-state index in [4.69, 9.17) is 21.1 Å². The van der Waals surface area contributed by atoms with E-state index in [-0.39, 0.29) is 17.6 Å². The number of rotatable bonds is 7. The summed E-state index contributed by atoms with van der Waals surface area (Å²) in [5.41, 5.74) is 1.66. The molecule has 160 valence electrons. The number of nitriles is 1. The molecule has 31 heavy (non-hydrogen) atoms. The summed E-state index contributed by atoms with van der Waals surface area (Å²) in [6.45, 7) is 3.98. The molecule has 0 radical (unpaired) electrons. The number of carbonyl (C=O) groups is 2. The molecule has 1 atom stereocenters. The highest BCUT2D eigenvalue weighted by Crippen LogP contribution is 2.40. The molecular formula is C23H21ClN2O4S. The Morgan fingerprint density at radius 3 is 2.71 bits per heavy atom. The van der Waals surface area contributed by atoms with Crippen LogP contribution in [0.15, 0.2) is 41.3 Å². The number of benzene rings is 2. The maximum atomic E-state index is 12.9. The van der Waals surface area contributed by atoms with Crippen LogP contribution in [0, 0.1) is 11.3 Å². The van der Waals surface area contributed by atoms with Crippen molar-refractivity contribution in [3.05, 3.63) is 63.0 Å². The molecule has 1 aliphatic heterocycles. The minimum atomic E-state index is -0.419. The van der Waals surface area contributed by atoms with Gasteiger partial charge in [0.2, 0.25) is 0 Å². The molecule has 1 aliphatic rings. The Hall–Kier alpha value is -2.95. The molecule has 1 saturated heterocycles. The second-order valence-corrected chi connectivity index (χ2v) is 8.31. The number of imide groups is 1. The van der Waals surface area contributed by atoms with Crippen LogP contribution >= 0.6 is 23.4 Å². The summed E-state index contributed by atoms with van der Waals surface area (Å²) in [4.78, 5) is 26.7. The van der Waals surface area contributed by atoms with Crippen LogP contribution in [-0.2, 0) is 11.3 Å². The minimum absolute atomic E-state index is 0.0370. The van der Waals surface area contributed by atoms with Gasteiger partial charge < -0.3 is 9.47 Å². The highest BCUT2D eigenvalue weighted by atomic mass is 35.5. The van der Waals surface area contributed by atoms with Gasteiger partial charge in [0.25, 0.3) is 11.1 Å².